The summed E-state index contributed by atoms with van der Waals surface area (Å²) >= 11 is 0. The first-order valence-corrected chi connectivity index (χ1v) is 8.44. The second-order valence-electron chi connectivity index (χ2n) is 6.44. The molecule has 2 N–H and O–H groups in total. The summed E-state index contributed by atoms with van der Waals surface area (Å²) < 4.78 is 0. The number of carbonyl (C=O) groups excluding carboxylic acids is 1. The summed E-state index contributed by atoms with van der Waals surface area (Å²) in [5, 5.41) is 12.7. The maximum atomic E-state index is 12.4. The van der Waals surface area contributed by atoms with Crippen molar-refractivity contribution in [1.82, 2.24) is 10.2 Å². The van der Waals surface area contributed by atoms with E-state index in [2.05, 4.69) is 22.3 Å². The van der Waals surface area contributed by atoms with Gasteiger partial charge in [-0.2, -0.15) is 0 Å². The summed E-state index contributed by atoms with van der Waals surface area (Å²) in [4.78, 5) is 14.6. The highest BCUT2D eigenvalue weighted by Crippen LogP contribution is 2.17. The van der Waals surface area contributed by atoms with E-state index >= 15 is 0 Å². The van der Waals surface area contributed by atoms with Crippen LogP contribution in [0.3, 0.4) is 0 Å². The van der Waals surface area contributed by atoms with Gasteiger partial charge < -0.3 is 10.4 Å². The molecular formula is C20H24N2O2. The monoisotopic (exact) mass is 324 g/mol. The van der Waals surface area contributed by atoms with E-state index in [9.17, 15) is 9.90 Å². The van der Waals surface area contributed by atoms with Gasteiger partial charge in [0, 0.05) is 31.7 Å². The number of aliphatic hydroxyl groups excluding tert-OH is 1. The first-order chi connectivity index (χ1) is 11.6. The summed E-state index contributed by atoms with van der Waals surface area (Å²) in [6.07, 6.45) is 0.629. The Balaban J connectivity index is 1.65. The predicted molar refractivity (Wildman–Crippen MR) is 94.7 cm³/mol. The molecule has 1 heterocycles. The molecule has 1 fully saturated rings. The molecule has 2 aromatic rings. The van der Waals surface area contributed by atoms with Crippen LogP contribution in [0.2, 0.25) is 0 Å². The third-order valence-corrected chi connectivity index (χ3v) is 4.59. The molecule has 0 spiro atoms. The van der Waals surface area contributed by atoms with Crippen LogP contribution in [0, 0.1) is 6.92 Å². The molecule has 0 aromatic heterocycles. The zero-order valence-electron chi connectivity index (χ0n) is 14.0. The maximum absolute atomic E-state index is 12.4. The first-order valence-electron chi connectivity index (χ1n) is 8.44. The lowest BCUT2D eigenvalue weighted by molar-refractivity contribution is 0.0950. The number of aliphatic hydroxyl groups is 1. The molecule has 126 valence electrons. The first kappa shape index (κ1) is 16.7. The Morgan fingerprint density at radius 3 is 2.58 bits per heavy atom. The summed E-state index contributed by atoms with van der Waals surface area (Å²) in [5.41, 5.74) is 4.03. The number of hydrogen-bond acceptors (Lipinski definition) is 3. The largest absolute Gasteiger partial charge is 0.392 e. The fourth-order valence-corrected chi connectivity index (χ4v) is 3.18. The molecule has 1 atom stereocenters. The molecular weight excluding hydrogens is 300 g/mol. The van der Waals surface area contributed by atoms with Crippen LogP contribution in [-0.2, 0) is 13.1 Å². The number of nitrogens with zero attached hydrogens (tertiary/aromatic N) is 1. The molecule has 0 aliphatic carbocycles. The molecule has 0 unspecified atom stereocenters. The number of hydrogen-bond donors (Lipinski definition) is 2. The molecule has 0 saturated carbocycles. The molecule has 4 nitrogen and oxygen atoms in total. The van der Waals surface area contributed by atoms with Gasteiger partial charge in [-0.3, -0.25) is 9.69 Å². The van der Waals surface area contributed by atoms with Crippen molar-refractivity contribution in [3.8, 4) is 0 Å². The molecule has 0 bridgehead atoms. The Kier molecular flexibility index (Phi) is 5.28. The number of amides is 1. The average molecular weight is 324 g/mol. The van der Waals surface area contributed by atoms with Gasteiger partial charge in [0.05, 0.1) is 6.10 Å². The van der Waals surface area contributed by atoms with Crippen molar-refractivity contribution in [2.24, 2.45) is 0 Å². The highest BCUT2D eigenvalue weighted by molar-refractivity contribution is 5.95. The zero-order valence-corrected chi connectivity index (χ0v) is 14.0. The number of rotatable bonds is 5. The Bertz CT molecular complexity index is 714. The minimum atomic E-state index is -0.210. The van der Waals surface area contributed by atoms with E-state index in [0.29, 0.717) is 6.54 Å². The van der Waals surface area contributed by atoms with Crippen LogP contribution >= 0.6 is 0 Å². The van der Waals surface area contributed by atoms with Gasteiger partial charge in [-0.05, 0) is 36.1 Å². The predicted octanol–water partition coefficient (Wildman–Crippen LogP) is 2.49. The van der Waals surface area contributed by atoms with Crippen LogP contribution in [0.5, 0.6) is 0 Å². The molecule has 0 radical (unpaired) electrons. The zero-order chi connectivity index (χ0) is 16.9. The number of carbonyl (C=O) groups is 1. The van der Waals surface area contributed by atoms with E-state index in [1.54, 1.807) is 0 Å². The van der Waals surface area contributed by atoms with Crippen molar-refractivity contribution >= 4 is 5.91 Å². The molecule has 3 rings (SSSR count). The number of likely N-dealkylation sites (tertiary alicyclic amines) is 1. The van der Waals surface area contributed by atoms with Gasteiger partial charge in [-0.15, -0.1) is 0 Å². The summed E-state index contributed by atoms with van der Waals surface area (Å²) in [6.45, 7) is 4.92. The lowest BCUT2D eigenvalue weighted by Crippen LogP contribution is -2.26. The Labute approximate surface area is 143 Å². The Morgan fingerprint density at radius 2 is 1.88 bits per heavy atom. The molecule has 1 aliphatic heterocycles. The van der Waals surface area contributed by atoms with Gasteiger partial charge in [0.25, 0.3) is 5.91 Å². The maximum Gasteiger partial charge on any atom is 0.251 e. The lowest BCUT2D eigenvalue weighted by atomic mass is 10.1. The van der Waals surface area contributed by atoms with E-state index in [-0.39, 0.29) is 12.0 Å². The van der Waals surface area contributed by atoms with Crippen molar-refractivity contribution in [1.29, 1.82) is 0 Å². The molecule has 1 amide bonds. The highest BCUT2D eigenvalue weighted by atomic mass is 16.3. The van der Waals surface area contributed by atoms with Crippen molar-refractivity contribution < 1.29 is 9.90 Å². The molecule has 24 heavy (non-hydrogen) atoms. The molecule has 4 heteroatoms. The summed E-state index contributed by atoms with van der Waals surface area (Å²) in [6, 6.07) is 15.8. The minimum absolute atomic E-state index is 0.0421. The number of aryl methyl sites for hydroxylation is 1. The normalized spacial score (nSPS) is 17.8. The fourth-order valence-electron chi connectivity index (χ4n) is 3.18. The Hall–Kier alpha value is -2.17. The quantitative estimate of drug-likeness (QED) is 0.888. The van der Waals surface area contributed by atoms with E-state index in [1.807, 2.05) is 43.3 Å². The number of β-amino-alcohol motifs (C(OH)–C–C–N with tert-alkyl or cyclic N) is 1. The summed E-state index contributed by atoms with van der Waals surface area (Å²) in [7, 11) is 0. The third-order valence-electron chi connectivity index (χ3n) is 4.59. The fraction of sp³-hybridized carbons (Fsp3) is 0.350. The highest BCUT2D eigenvalue weighted by Gasteiger charge is 2.20. The van der Waals surface area contributed by atoms with Crippen LogP contribution < -0.4 is 5.32 Å². The number of nitrogens with one attached hydrogen (secondary N) is 1. The van der Waals surface area contributed by atoms with Crippen LogP contribution in [-0.4, -0.2) is 35.1 Å². The lowest BCUT2D eigenvalue weighted by Gasteiger charge is -2.18. The second kappa shape index (κ2) is 7.60. The van der Waals surface area contributed by atoms with E-state index in [0.717, 1.165) is 42.7 Å². The second-order valence-corrected chi connectivity index (χ2v) is 6.44. The van der Waals surface area contributed by atoms with Gasteiger partial charge in [0.1, 0.15) is 0 Å². The van der Waals surface area contributed by atoms with Crippen molar-refractivity contribution in [2.45, 2.75) is 32.5 Å². The van der Waals surface area contributed by atoms with Crippen LogP contribution in [0.15, 0.2) is 48.5 Å². The topological polar surface area (TPSA) is 52.6 Å². The van der Waals surface area contributed by atoms with Crippen LogP contribution in [0.4, 0.5) is 0 Å². The average Bonchev–Trinajstić information content (AvgIpc) is 2.99. The van der Waals surface area contributed by atoms with E-state index in [4.69, 9.17) is 0 Å². The SMILES string of the molecule is Cc1ccccc1C(=O)NCc1ccccc1CN1CC[C@H](O)C1. The smallest absolute Gasteiger partial charge is 0.251 e. The van der Waals surface area contributed by atoms with Crippen molar-refractivity contribution in [3.63, 3.8) is 0 Å². The van der Waals surface area contributed by atoms with E-state index < -0.39 is 0 Å². The van der Waals surface area contributed by atoms with Gasteiger partial charge in [-0.25, -0.2) is 0 Å². The van der Waals surface area contributed by atoms with Gasteiger partial charge >= 0.3 is 0 Å². The van der Waals surface area contributed by atoms with Gasteiger partial charge in [0.2, 0.25) is 0 Å². The van der Waals surface area contributed by atoms with Crippen molar-refractivity contribution in [3.05, 3.63) is 70.8 Å². The molecule has 1 saturated heterocycles. The minimum Gasteiger partial charge on any atom is -0.392 e. The molecule has 2 aromatic carbocycles. The Morgan fingerprint density at radius 1 is 1.17 bits per heavy atom. The van der Waals surface area contributed by atoms with Gasteiger partial charge in [0.15, 0.2) is 0 Å². The standard InChI is InChI=1S/C20H24N2O2/c1-15-6-2-5-9-19(15)20(24)21-12-16-7-3-4-8-17(16)13-22-11-10-18(23)14-22/h2-9,18,23H,10-14H2,1H3,(H,21,24)/t18-/m0/s1. The molecule has 1 aliphatic rings. The van der Waals surface area contributed by atoms with Gasteiger partial charge in [-0.1, -0.05) is 42.5 Å². The third kappa shape index (κ3) is 4.02. The van der Waals surface area contributed by atoms with Crippen molar-refractivity contribution in [2.75, 3.05) is 13.1 Å². The van der Waals surface area contributed by atoms with Crippen LogP contribution in [0.1, 0.15) is 33.5 Å². The number of benzene rings is 2. The van der Waals surface area contributed by atoms with E-state index in [1.165, 1.54) is 5.56 Å². The summed E-state index contributed by atoms with van der Waals surface area (Å²) in [5.74, 6) is -0.0421. The van der Waals surface area contributed by atoms with Crippen LogP contribution in [0.25, 0.3) is 0 Å².